The van der Waals surface area contributed by atoms with Crippen molar-refractivity contribution in [2.45, 2.75) is 0 Å². The fourth-order valence-corrected chi connectivity index (χ4v) is 1.59. The number of benzene rings is 1. The van der Waals surface area contributed by atoms with Crippen molar-refractivity contribution in [2.75, 3.05) is 0 Å². The molecule has 2 aromatic heterocycles. The van der Waals surface area contributed by atoms with Crippen LogP contribution in [0.5, 0.6) is 11.8 Å². The lowest BCUT2D eigenvalue weighted by atomic mass is 10.3. The lowest BCUT2D eigenvalue weighted by Gasteiger charge is -2.06. The summed E-state index contributed by atoms with van der Waals surface area (Å²) in [5.41, 5.74) is 0. The van der Waals surface area contributed by atoms with E-state index in [0.29, 0.717) is 0 Å². The molecule has 0 aliphatic carbocycles. The van der Waals surface area contributed by atoms with Crippen LogP contribution in [0.2, 0.25) is 5.28 Å². The number of rotatable bonds is 3. The summed E-state index contributed by atoms with van der Waals surface area (Å²) in [5.74, 6) is -2.55. The third-order valence-electron chi connectivity index (χ3n) is 2.32. The van der Waals surface area contributed by atoms with E-state index in [1.807, 2.05) is 0 Å². The second-order valence-corrected chi connectivity index (χ2v) is 4.02. The Morgan fingerprint density at radius 2 is 2.00 bits per heavy atom. The molecule has 10 heteroatoms. The van der Waals surface area contributed by atoms with Gasteiger partial charge in [0.05, 0.1) is 0 Å². The summed E-state index contributed by atoms with van der Waals surface area (Å²) in [6.07, 6.45) is 2.60. The van der Waals surface area contributed by atoms with E-state index in [9.17, 15) is 8.78 Å². The second-order valence-electron chi connectivity index (χ2n) is 3.68. The molecule has 106 valence electrons. The third kappa shape index (κ3) is 2.77. The Hall–Kier alpha value is -2.68. The normalized spacial score (nSPS) is 10.6. The van der Waals surface area contributed by atoms with Crippen molar-refractivity contribution in [1.82, 2.24) is 29.7 Å². The molecule has 0 saturated heterocycles. The maximum absolute atomic E-state index is 13.5. The Morgan fingerprint density at radius 1 is 1.14 bits per heavy atom. The highest BCUT2D eigenvalue weighted by Gasteiger charge is 2.14. The van der Waals surface area contributed by atoms with Gasteiger partial charge in [-0.1, -0.05) is 6.07 Å². The van der Waals surface area contributed by atoms with Crippen molar-refractivity contribution in [3.63, 3.8) is 0 Å². The predicted molar refractivity (Wildman–Crippen MR) is 66.2 cm³/mol. The van der Waals surface area contributed by atoms with Crippen LogP contribution >= 0.6 is 11.6 Å². The van der Waals surface area contributed by atoms with Gasteiger partial charge in [0.15, 0.2) is 11.6 Å². The molecule has 3 aromatic rings. The number of hydrogen-bond donors (Lipinski definition) is 0. The van der Waals surface area contributed by atoms with Gasteiger partial charge in [0.2, 0.25) is 11.1 Å². The Labute approximate surface area is 121 Å². The van der Waals surface area contributed by atoms with Crippen molar-refractivity contribution in [3.8, 4) is 17.7 Å². The SMILES string of the molecule is Fc1cccc(Oc2nc(Cl)nc(-n3cncn3)n2)c1F. The molecule has 7 nitrogen and oxygen atoms in total. The molecule has 0 aliphatic heterocycles. The molecular formula is C11H5ClF2N6O. The van der Waals surface area contributed by atoms with E-state index in [4.69, 9.17) is 16.3 Å². The Bertz CT molecular complexity index is 782. The third-order valence-corrected chi connectivity index (χ3v) is 2.49. The number of hydrogen-bond acceptors (Lipinski definition) is 6. The maximum Gasteiger partial charge on any atom is 0.328 e. The van der Waals surface area contributed by atoms with Gasteiger partial charge in [0, 0.05) is 0 Å². The molecule has 3 rings (SSSR count). The summed E-state index contributed by atoms with van der Waals surface area (Å²) < 4.78 is 32.9. The molecule has 0 radical (unpaired) electrons. The summed E-state index contributed by atoms with van der Waals surface area (Å²) in [7, 11) is 0. The molecule has 2 heterocycles. The number of halogens is 3. The molecule has 21 heavy (non-hydrogen) atoms. The van der Waals surface area contributed by atoms with Gasteiger partial charge in [-0.2, -0.15) is 29.1 Å². The summed E-state index contributed by atoms with van der Waals surface area (Å²) >= 11 is 5.73. The van der Waals surface area contributed by atoms with E-state index in [0.717, 1.165) is 6.07 Å². The van der Waals surface area contributed by atoms with Crippen LogP contribution in [0.25, 0.3) is 5.95 Å². The van der Waals surface area contributed by atoms with Gasteiger partial charge < -0.3 is 4.74 Å². The largest absolute Gasteiger partial charge is 0.421 e. The van der Waals surface area contributed by atoms with Gasteiger partial charge in [-0.25, -0.2) is 9.37 Å². The van der Waals surface area contributed by atoms with Gasteiger partial charge in [0.1, 0.15) is 12.7 Å². The van der Waals surface area contributed by atoms with Gasteiger partial charge in [0.25, 0.3) is 5.95 Å². The Kier molecular flexibility index (Phi) is 3.40. The van der Waals surface area contributed by atoms with E-state index in [2.05, 4.69) is 25.0 Å². The minimum Gasteiger partial charge on any atom is -0.421 e. The fourth-order valence-electron chi connectivity index (χ4n) is 1.44. The Morgan fingerprint density at radius 3 is 2.76 bits per heavy atom. The zero-order valence-corrected chi connectivity index (χ0v) is 10.9. The number of ether oxygens (including phenoxy) is 1. The topological polar surface area (TPSA) is 78.6 Å². The average molecular weight is 311 g/mol. The first-order chi connectivity index (χ1) is 10.1. The minimum atomic E-state index is -1.16. The smallest absolute Gasteiger partial charge is 0.328 e. The van der Waals surface area contributed by atoms with Crippen LogP contribution < -0.4 is 4.74 Å². The van der Waals surface area contributed by atoms with E-state index >= 15 is 0 Å². The molecule has 0 amide bonds. The van der Waals surface area contributed by atoms with E-state index in [-0.39, 0.29) is 23.0 Å². The summed E-state index contributed by atoms with van der Waals surface area (Å²) in [6.45, 7) is 0. The highest BCUT2D eigenvalue weighted by atomic mass is 35.5. The van der Waals surface area contributed by atoms with Crippen LogP contribution in [0.4, 0.5) is 8.78 Å². The second kappa shape index (κ2) is 5.37. The fraction of sp³-hybridized carbons (Fsp3) is 0. The highest BCUT2D eigenvalue weighted by molar-refractivity contribution is 6.28. The summed E-state index contributed by atoms with van der Waals surface area (Å²) in [5, 5.41) is 3.62. The molecule has 0 atom stereocenters. The number of aromatic nitrogens is 6. The van der Waals surface area contributed by atoms with Crippen molar-refractivity contribution >= 4 is 11.6 Å². The first kappa shape index (κ1) is 13.3. The lowest BCUT2D eigenvalue weighted by molar-refractivity contribution is 0.390. The van der Waals surface area contributed by atoms with Crippen molar-refractivity contribution < 1.29 is 13.5 Å². The van der Waals surface area contributed by atoms with Gasteiger partial charge >= 0.3 is 6.01 Å². The van der Waals surface area contributed by atoms with Gasteiger partial charge in [-0.3, -0.25) is 0 Å². The highest BCUT2D eigenvalue weighted by Crippen LogP contribution is 2.24. The maximum atomic E-state index is 13.5. The van der Waals surface area contributed by atoms with Crippen LogP contribution in [0.3, 0.4) is 0 Å². The lowest BCUT2D eigenvalue weighted by Crippen LogP contribution is -2.05. The van der Waals surface area contributed by atoms with Crippen LogP contribution in [-0.2, 0) is 0 Å². The van der Waals surface area contributed by atoms with Crippen molar-refractivity contribution in [3.05, 3.63) is 47.8 Å². The molecule has 0 unspecified atom stereocenters. The van der Waals surface area contributed by atoms with Crippen LogP contribution in [0, 0.1) is 11.6 Å². The molecular weight excluding hydrogens is 306 g/mol. The molecule has 0 bridgehead atoms. The van der Waals surface area contributed by atoms with E-state index < -0.39 is 11.6 Å². The zero-order valence-electron chi connectivity index (χ0n) is 10.1. The molecule has 0 aliphatic rings. The van der Waals surface area contributed by atoms with Crippen LogP contribution in [0.15, 0.2) is 30.9 Å². The molecule has 0 saturated carbocycles. The van der Waals surface area contributed by atoms with Crippen LogP contribution in [0.1, 0.15) is 0 Å². The van der Waals surface area contributed by atoms with Gasteiger partial charge in [-0.15, -0.1) is 0 Å². The van der Waals surface area contributed by atoms with Gasteiger partial charge in [-0.05, 0) is 23.7 Å². The standard InChI is InChI=1S/C11H5ClF2N6O/c12-9-17-10(20-5-15-4-16-20)19-11(18-9)21-7-3-1-2-6(13)8(7)14/h1-5H. The minimum absolute atomic E-state index is 0.0271. The molecule has 1 aromatic carbocycles. The predicted octanol–water partition coefficient (Wildman–Crippen LogP) is 2.18. The molecule has 0 N–H and O–H groups in total. The summed E-state index contributed by atoms with van der Waals surface area (Å²) in [6, 6.07) is 3.17. The van der Waals surface area contributed by atoms with E-state index in [1.54, 1.807) is 0 Å². The van der Waals surface area contributed by atoms with Crippen molar-refractivity contribution in [1.29, 1.82) is 0 Å². The van der Waals surface area contributed by atoms with E-state index in [1.165, 1.54) is 29.5 Å². The molecule has 0 spiro atoms. The quantitative estimate of drug-likeness (QED) is 0.737. The molecule has 0 fully saturated rings. The van der Waals surface area contributed by atoms with Crippen molar-refractivity contribution in [2.24, 2.45) is 0 Å². The first-order valence-corrected chi connectivity index (χ1v) is 5.90. The summed E-state index contributed by atoms with van der Waals surface area (Å²) in [4.78, 5) is 15.1. The monoisotopic (exact) mass is 310 g/mol. The zero-order chi connectivity index (χ0) is 14.8. The number of nitrogens with zero attached hydrogens (tertiary/aromatic N) is 6. The Balaban J connectivity index is 1.98. The van der Waals surface area contributed by atoms with Crippen LogP contribution in [-0.4, -0.2) is 29.7 Å². The first-order valence-electron chi connectivity index (χ1n) is 5.52. The average Bonchev–Trinajstić information content (AvgIpc) is 2.97.